The zero-order valence-electron chi connectivity index (χ0n) is 13.8. The van der Waals surface area contributed by atoms with E-state index in [9.17, 15) is 9.59 Å². The minimum atomic E-state index is -0.103. The van der Waals surface area contributed by atoms with Gasteiger partial charge in [-0.05, 0) is 40.5 Å². The molecule has 2 atom stereocenters. The minimum absolute atomic E-state index is 0.0127. The second kappa shape index (κ2) is 8.34. The summed E-state index contributed by atoms with van der Waals surface area (Å²) in [7, 11) is 0. The molecular weight excluding hydrogens is 268 g/mol. The van der Waals surface area contributed by atoms with Gasteiger partial charge in [0.1, 0.15) is 0 Å². The number of amides is 2. The molecule has 2 unspecified atom stereocenters. The van der Waals surface area contributed by atoms with E-state index in [1.54, 1.807) is 4.90 Å². The average Bonchev–Trinajstić information content (AvgIpc) is 2.38. The maximum atomic E-state index is 12.4. The molecule has 1 fully saturated rings. The summed E-state index contributed by atoms with van der Waals surface area (Å²) in [5.41, 5.74) is 5.94. The average molecular weight is 298 g/mol. The lowest BCUT2D eigenvalue weighted by Gasteiger charge is -2.36. The number of piperidine rings is 1. The molecule has 0 aromatic rings. The number of rotatable bonds is 6. The fourth-order valence-electron chi connectivity index (χ4n) is 2.68. The predicted octanol–water partition coefficient (Wildman–Crippen LogP) is 0.171. The largest absolute Gasteiger partial charge is 0.352 e. The third kappa shape index (κ3) is 6.01. The van der Waals surface area contributed by atoms with Crippen LogP contribution in [0.2, 0.25) is 0 Å². The molecule has 1 aliphatic heterocycles. The van der Waals surface area contributed by atoms with Crippen LogP contribution in [0, 0.1) is 0 Å². The standard InChI is InChI=1S/C15H30N4O2/c1-5-18(9-14(20)17-11(2)3)15(21)10-19-7-6-13(16)8-12(19)4/h11-13H,5-10,16H2,1-4H3,(H,17,20). The van der Waals surface area contributed by atoms with Gasteiger partial charge in [0.2, 0.25) is 11.8 Å². The van der Waals surface area contributed by atoms with Crippen LogP contribution >= 0.6 is 0 Å². The van der Waals surface area contributed by atoms with E-state index in [1.807, 2.05) is 20.8 Å². The van der Waals surface area contributed by atoms with E-state index >= 15 is 0 Å². The number of hydrogen-bond acceptors (Lipinski definition) is 4. The molecule has 6 nitrogen and oxygen atoms in total. The Hall–Kier alpha value is -1.14. The summed E-state index contributed by atoms with van der Waals surface area (Å²) in [4.78, 5) is 27.9. The normalized spacial score (nSPS) is 23.1. The molecule has 0 bridgehead atoms. The molecule has 1 aliphatic rings. The van der Waals surface area contributed by atoms with Crippen molar-refractivity contribution >= 4 is 11.8 Å². The Morgan fingerprint density at radius 1 is 1.43 bits per heavy atom. The van der Waals surface area contributed by atoms with Gasteiger partial charge in [0, 0.05) is 31.2 Å². The Morgan fingerprint density at radius 2 is 2.10 bits per heavy atom. The number of nitrogens with zero attached hydrogens (tertiary/aromatic N) is 2. The lowest BCUT2D eigenvalue weighted by atomic mass is 9.99. The first-order chi connectivity index (χ1) is 9.83. The first kappa shape index (κ1) is 17.9. The number of carbonyl (C=O) groups is 2. The van der Waals surface area contributed by atoms with Crippen LogP contribution in [-0.2, 0) is 9.59 Å². The van der Waals surface area contributed by atoms with Crippen molar-refractivity contribution in [1.82, 2.24) is 15.1 Å². The molecule has 1 saturated heterocycles. The lowest BCUT2D eigenvalue weighted by molar-refractivity contribution is -0.137. The molecule has 0 aromatic heterocycles. The van der Waals surface area contributed by atoms with Crippen molar-refractivity contribution in [2.24, 2.45) is 5.73 Å². The van der Waals surface area contributed by atoms with Gasteiger partial charge in [-0.2, -0.15) is 0 Å². The lowest BCUT2D eigenvalue weighted by Crippen LogP contribution is -2.51. The first-order valence-electron chi connectivity index (χ1n) is 7.90. The van der Waals surface area contributed by atoms with Gasteiger partial charge in [0.15, 0.2) is 0 Å². The molecule has 3 N–H and O–H groups in total. The Kier molecular flexibility index (Phi) is 7.11. The van der Waals surface area contributed by atoms with Gasteiger partial charge < -0.3 is 16.0 Å². The van der Waals surface area contributed by atoms with Gasteiger partial charge in [-0.25, -0.2) is 0 Å². The summed E-state index contributed by atoms with van der Waals surface area (Å²) in [6, 6.07) is 0.654. The highest BCUT2D eigenvalue weighted by atomic mass is 16.2. The molecule has 0 aliphatic carbocycles. The Bertz CT molecular complexity index is 360. The summed E-state index contributed by atoms with van der Waals surface area (Å²) >= 11 is 0. The maximum absolute atomic E-state index is 12.4. The van der Waals surface area contributed by atoms with Crippen molar-refractivity contribution in [3.05, 3.63) is 0 Å². The van der Waals surface area contributed by atoms with Crippen molar-refractivity contribution in [1.29, 1.82) is 0 Å². The van der Waals surface area contributed by atoms with E-state index in [1.165, 1.54) is 0 Å². The van der Waals surface area contributed by atoms with Crippen molar-refractivity contribution in [3.8, 4) is 0 Å². The number of hydrogen-bond donors (Lipinski definition) is 2. The molecule has 1 rings (SSSR count). The van der Waals surface area contributed by atoms with Crippen LogP contribution < -0.4 is 11.1 Å². The Balaban J connectivity index is 2.49. The zero-order chi connectivity index (χ0) is 16.0. The van der Waals surface area contributed by atoms with Gasteiger partial charge in [-0.3, -0.25) is 14.5 Å². The van der Waals surface area contributed by atoms with Gasteiger partial charge in [0.25, 0.3) is 0 Å². The van der Waals surface area contributed by atoms with Gasteiger partial charge >= 0.3 is 0 Å². The molecular formula is C15H30N4O2. The van der Waals surface area contributed by atoms with Crippen molar-refractivity contribution in [3.63, 3.8) is 0 Å². The van der Waals surface area contributed by atoms with Crippen LogP contribution in [0.1, 0.15) is 40.5 Å². The first-order valence-corrected chi connectivity index (χ1v) is 7.90. The second-order valence-electron chi connectivity index (χ2n) is 6.23. The summed E-state index contributed by atoms with van der Waals surface area (Å²) in [5, 5.41) is 2.82. The van der Waals surface area contributed by atoms with Crippen LogP contribution in [0.25, 0.3) is 0 Å². The van der Waals surface area contributed by atoms with E-state index < -0.39 is 0 Å². The molecule has 6 heteroatoms. The van der Waals surface area contributed by atoms with Crippen molar-refractivity contribution in [2.45, 2.75) is 58.7 Å². The summed E-state index contributed by atoms with van der Waals surface area (Å²) in [5.74, 6) is -0.0901. The van der Waals surface area contributed by atoms with Crippen LogP contribution in [-0.4, -0.2) is 65.9 Å². The molecule has 21 heavy (non-hydrogen) atoms. The van der Waals surface area contributed by atoms with Crippen molar-refractivity contribution in [2.75, 3.05) is 26.2 Å². The number of carbonyl (C=O) groups excluding carboxylic acids is 2. The van der Waals surface area contributed by atoms with E-state index in [4.69, 9.17) is 5.73 Å². The van der Waals surface area contributed by atoms with E-state index in [0.717, 1.165) is 19.4 Å². The third-order valence-corrected chi connectivity index (χ3v) is 3.91. The minimum Gasteiger partial charge on any atom is -0.352 e. The van der Waals surface area contributed by atoms with E-state index in [2.05, 4.69) is 17.1 Å². The zero-order valence-corrected chi connectivity index (χ0v) is 13.8. The fourth-order valence-corrected chi connectivity index (χ4v) is 2.68. The van der Waals surface area contributed by atoms with Crippen molar-refractivity contribution < 1.29 is 9.59 Å². The molecule has 122 valence electrons. The molecule has 2 amide bonds. The fraction of sp³-hybridized carbons (Fsp3) is 0.867. The Labute approximate surface area is 128 Å². The highest BCUT2D eigenvalue weighted by Gasteiger charge is 2.26. The van der Waals surface area contributed by atoms with Crippen LogP contribution in [0.5, 0.6) is 0 Å². The van der Waals surface area contributed by atoms with Gasteiger partial charge in [-0.15, -0.1) is 0 Å². The van der Waals surface area contributed by atoms with Crippen LogP contribution in [0.4, 0.5) is 0 Å². The SMILES string of the molecule is CCN(CC(=O)NC(C)C)C(=O)CN1CCC(N)CC1C. The number of nitrogens with one attached hydrogen (secondary N) is 1. The number of nitrogens with two attached hydrogens (primary N) is 1. The summed E-state index contributed by atoms with van der Waals surface area (Å²) in [6.45, 7) is 9.73. The number of likely N-dealkylation sites (N-methyl/N-ethyl adjacent to an activating group) is 1. The molecule has 0 spiro atoms. The van der Waals surface area contributed by atoms with Gasteiger partial charge in [-0.1, -0.05) is 0 Å². The van der Waals surface area contributed by atoms with Gasteiger partial charge in [0.05, 0.1) is 13.1 Å². The van der Waals surface area contributed by atoms with Crippen LogP contribution in [0.15, 0.2) is 0 Å². The third-order valence-electron chi connectivity index (χ3n) is 3.91. The van der Waals surface area contributed by atoms with E-state index in [-0.39, 0.29) is 30.4 Å². The maximum Gasteiger partial charge on any atom is 0.239 e. The van der Waals surface area contributed by atoms with Crippen LogP contribution in [0.3, 0.4) is 0 Å². The highest BCUT2D eigenvalue weighted by molar-refractivity contribution is 5.85. The topological polar surface area (TPSA) is 78.7 Å². The predicted molar refractivity (Wildman–Crippen MR) is 83.8 cm³/mol. The number of likely N-dealkylation sites (tertiary alicyclic amines) is 1. The highest BCUT2D eigenvalue weighted by Crippen LogP contribution is 2.15. The van der Waals surface area contributed by atoms with E-state index in [0.29, 0.717) is 19.1 Å². The smallest absolute Gasteiger partial charge is 0.239 e. The monoisotopic (exact) mass is 298 g/mol. The quantitative estimate of drug-likeness (QED) is 0.733. The molecule has 0 aromatic carbocycles. The molecule has 1 heterocycles. The molecule has 0 radical (unpaired) electrons. The summed E-state index contributed by atoms with van der Waals surface area (Å²) in [6.07, 6.45) is 1.85. The summed E-state index contributed by atoms with van der Waals surface area (Å²) < 4.78 is 0. The Morgan fingerprint density at radius 3 is 2.62 bits per heavy atom. The second-order valence-corrected chi connectivity index (χ2v) is 6.23. The molecule has 0 saturated carbocycles.